The third-order valence-electron chi connectivity index (χ3n) is 2.81. The molecule has 3 rings (SSSR count). The molecule has 0 spiro atoms. The Labute approximate surface area is 125 Å². The summed E-state index contributed by atoms with van der Waals surface area (Å²) in [6, 6.07) is 4.04. The van der Waals surface area contributed by atoms with Crippen molar-refractivity contribution in [1.29, 1.82) is 0 Å². The fourth-order valence-electron chi connectivity index (χ4n) is 1.89. The molecule has 0 aliphatic rings. The maximum atomic E-state index is 13.1. The van der Waals surface area contributed by atoms with Crippen LogP contribution < -0.4 is 0 Å². The van der Waals surface area contributed by atoms with Gasteiger partial charge in [-0.3, -0.25) is 0 Å². The Balaban J connectivity index is 2.27. The highest BCUT2D eigenvalue weighted by atomic mass is 35.5. The van der Waals surface area contributed by atoms with E-state index in [0.717, 1.165) is 12.1 Å². The molecule has 0 unspecified atom stereocenters. The molecule has 108 valence electrons. The standard InChI is InChI=1S/C13H5ClF4N2S/c14-10-8-3-4-21-12(8)20-11(19-10)7-2-1-6(15)5-9(7)13(16,17)18/h1-5H. The molecule has 0 radical (unpaired) electrons. The first kappa shape index (κ1) is 14.2. The average molecular weight is 333 g/mol. The molecule has 3 aromatic rings. The number of alkyl halides is 3. The molecule has 2 aromatic heterocycles. The van der Waals surface area contributed by atoms with Crippen molar-refractivity contribution in [2.45, 2.75) is 6.18 Å². The zero-order chi connectivity index (χ0) is 15.2. The van der Waals surface area contributed by atoms with E-state index in [2.05, 4.69) is 9.97 Å². The molecule has 2 nitrogen and oxygen atoms in total. The van der Waals surface area contributed by atoms with Crippen LogP contribution in [0.15, 0.2) is 29.6 Å². The highest BCUT2D eigenvalue weighted by Crippen LogP contribution is 2.37. The lowest BCUT2D eigenvalue weighted by molar-refractivity contribution is -0.137. The van der Waals surface area contributed by atoms with E-state index in [-0.39, 0.29) is 16.5 Å². The summed E-state index contributed by atoms with van der Waals surface area (Å²) >= 11 is 7.19. The topological polar surface area (TPSA) is 25.8 Å². The van der Waals surface area contributed by atoms with Gasteiger partial charge < -0.3 is 0 Å². The van der Waals surface area contributed by atoms with Gasteiger partial charge in [0.15, 0.2) is 5.82 Å². The van der Waals surface area contributed by atoms with Gasteiger partial charge in [0.05, 0.1) is 5.56 Å². The van der Waals surface area contributed by atoms with Crippen LogP contribution in [0, 0.1) is 5.82 Å². The molecule has 21 heavy (non-hydrogen) atoms. The maximum Gasteiger partial charge on any atom is 0.417 e. The normalized spacial score (nSPS) is 12.0. The summed E-state index contributed by atoms with van der Waals surface area (Å²) in [4.78, 5) is 8.43. The van der Waals surface area contributed by atoms with E-state index in [1.807, 2.05) is 0 Å². The minimum Gasteiger partial charge on any atom is -0.217 e. The van der Waals surface area contributed by atoms with Crippen LogP contribution in [0.3, 0.4) is 0 Å². The second kappa shape index (κ2) is 4.92. The number of fused-ring (bicyclic) bond motifs is 1. The van der Waals surface area contributed by atoms with Gasteiger partial charge in [-0.15, -0.1) is 11.3 Å². The Kier molecular flexibility index (Phi) is 3.33. The van der Waals surface area contributed by atoms with Crippen LogP contribution in [0.1, 0.15) is 5.56 Å². The predicted octanol–water partition coefficient (Wildman–Crippen LogP) is 5.17. The first-order valence-corrected chi connectivity index (χ1v) is 6.90. The van der Waals surface area contributed by atoms with Crippen molar-refractivity contribution in [1.82, 2.24) is 9.97 Å². The van der Waals surface area contributed by atoms with Gasteiger partial charge in [-0.2, -0.15) is 13.2 Å². The van der Waals surface area contributed by atoms with Gasteiger partial charge in [0.25, 0.3) is 0 Å². The summed E-state index contributed by atoms with van der Waals surface area (Å²) in [6.07, 6.45) is -4.71. The first-order chi connectivity index (χ1) is 9.86. The molecule has 0 aliphatic heterocycles. The summed E-state index contributed by atoms with van der Waals surface area (Å²) < 4.78 is 52.2. The van der Waals surface area contributed by atoms with Gasteiger partial charge in [0.1, 0.15) is 15.8 Å². The lowest BCUT2D eigenvalue weighted by Crippen LogP contribution is -2.09. The smallest absolute Gasteiger partial charge is 0.217 e. The van der Waals surface area contributed by atoms with Gasteiger partial charge >= 0.3 is 6.18 Å². The molecule has 0 N–H and O–H groups in total. The number of halogens is 5. The van der Waals surface area contributed by atoms with Gasteiger partial charge in [-0.1, -0.05) is 11.6 Å². The Morgan fingerprint density at radius 1 is 1.10 bits per heavy atom. The highest BCUT2D eigenvalue weighted by Gasteiger charge is 2.35. The molecule has 0 amide bonds. The number of benzene rings is 1. The van der Waals surface area contributed by atoms with Crippen LogP contribution in [0.4, 0.5) is 17.6 Å². The molecule has 1 aromatic carbocycles. The minimum atomic E-state index is -4.71. The number of hydrogen-bond acceptors (Lipinski definition) is 3. The molecule has 0 aliphatic carbocycles. The van der Waals surface area contributed by atoms with E-state index < -0.39 is 17.6 Å². The largest absolute Gasteiger partial charge is 0.417 e. The predicted molar refractivity (Wildman–Crippen MR) is 72.8 cm³/mol. The Morgan fingerprint density at radius 2 is 1.86 bits per heavy atom. The van der Waals surface area contributed by atoms with E-state index >= 15 is 0 Å². The van der Waals surface area contributed by atoms with E-state index in [4.69, 9.17) is 11.6 Å². The fraction of sp³-hybridized carbons (Fsp3) is 0.0769. The van der Waals surface area contributed by atoms with E-state index in [1.54, 1.807) is 11.4 Å². The summed E-state index contributed by atoms with van der Waals surface area (Å²) in [5.74, 6) is -1.16. The Hall–Kier alpha value is -1.73. The summed E-state index contributed by atoms with van der Waals surface area (Å²) in [6.45, 7) is 0. The lowest BCUT2D eigenvalue weighted by atomic mass is 10.1. The van der Waals surface area contributed by atoms with Gasteiger partial charge in [0, 0.05) is 10.9 Å². The summed E-state index contributed by atoms with van der Waals surface area (Å²) in [7, 11) is 0. The first-order valence-electron chi connectivity index (χ1n) is 5.64. The molecule has 0 fully saturated rings. The van der Waals surface area contributed by atoms with Gasteiger partial charge in [-0.25, -0.2) is 14.4 Å². The van der Waals surface area contributed by atoms with Gasteiger partial charge in [-0.05, 0) is 29.6 Å². The van der Waals surface area contributed by atoms with Crippen LogP contribution in [-0.4, -0.2) is 9.97 Å². The number of hydrogen-bond donors (Lipinski definition) is 0. The monoisotopic (exact) mass is 332 g/mol. The molecule has 0 atom stereocenters. The maximum absolute atomic E-state index is 13.1. The summed E-state index contributed by atoms with van der Waals surface area (Å²) in [5, 5.41) is 2.35. The van der Waals surface area contributed by atoms with E-state index in [0.29, 0.717) is 16.3 Å². The van der Waals surface area contributed by atoms with Crippen LogP contribution >= 0.6 is 22.9 Å². The Bertz CT molecular complexity index is 829. The number of aromatic nitrogens is 2. The zero-order valence-electron chi connectivity index (χ0n) is 10.1. The Morgan fingerprint density at radius 3 is 2.57 bits per heavy atom. The fourth-order valence-corrected chi connectivity index (χ4v) is 2.94. The summed E-state index contributed by atoms with van der Waals surface area (Å²) in [5.41, 5.74) is -1.43. The third-order valence-corrected chi connectivity index (χ3v) is 3.90. The lowest BCUT2D eigenvalue weighted by Gasteiger charge is -2.12. The van der Waals surface area contributed by atoms with Crippen molar-refractivity contribution < 1.29 is 17.6 Å². The van der Waals surface area contributed by atoms with Crippen molar-refractivity contribution >= 4 is 33.2 Å². The van der Waals surface area contributed by atoms with Crippen LogP contribution in [-0.2, 0) is 6.18 Å². The van der Waals surface area contributed by atoms with Crippen molar-refractivity contribution in [2.24, 2.45) is 0 Å². The number of nitrogens with zero attached hydrogens (tertiary/aromatic N) is 2. The quantitative estimate of drug-likeness (QED) is 0.454. The van der Waals surface area contributed by atoms with E-state index in [1.165, 1.54) is 11.3 Å². The van der Waals surface area contributed by atoms with Gasteiger partial charge in [0.2, 0.25) is 0 Å². The molecule has 0 saturated heterocycles. The molecular weight excluding hydrogens is 328 g/mol. The number of thiophene rings is 1. The van der Waals surface area contributed by atoms with E-state index in [9.17, 15) is 17.6 Å². The van der Waals surface area contributed by atoms with Crippen LogP contribution in [0.25, 0.3) is 21.6 Å². The van der Waals surface area contributed by atoms with Crippen molar-refractivity contribution in [3.63, 3.8) is 0 Å². The molecular formula is C13H5ClF4N2S. The minimum absolute atomic E-state index is 0.0636. The molecule has 2 heterocycles. The molecule has 0 saturated carbocycles. The number of rotatable bonds is 1. The second-order valence-electron chi connectivity index (χ2n) is 4.17. The average Bonchev–Trinajstić information content (AvgIpc) is 2.86. The van der Waals surface area contributed by atoms with Crippen LogP contribution in [0.2, 0.25) is 5.15 Å². The second-order valence-corrected chi connectivity index (χ2v) is 5.42. The van der Waals surface area contributed by atoms with Crippen molar-refractivity contribution in [3.05, 3.63) is 46.2 Å². The van der Waals surface area contributed by atoms with Crippen molar-refractivity contribution in [2.75, 3.05) is 0 Å². The highest BCUT2D eigenvalue weighted by molar-refractivity contribution is 7.16. The van der Waals surface area contributed by atoms with Crippen molar-refractivity contribution in [3.8, 4) is 11.4 Å². The SMILES string of the molecule is Fc1ccc(-c2nc(Cl)c3ccsc3n2)c(C(F)(F)F)c1. The third kappa shape index (κ3) is 2.58. The zero-order valence-corrected chi connectivity index (χ0v) is 11.7. The molecule has 0 bridgehead atoms. The molecule has 8 heteroatoms. The van der Waals surface area contributed by atoms with Crippen LogP contribution in [0.5, 0.6) is 0 Å².